The Balaban J connectivity index is 2.41. The fraction of sp³-hybridized carbons (Fsp3) is 0.400. The lowest BCUT2D eigenvalue weighted by atomic mass is 10.1. The number of hydrogen-bond acceptors (Lipinski definition) is 4. The number of hydrogen-bond donors (Lipinski definition) is 2. The number of nitrogens with one attached hydrogen (secondary N) is 1. The largest absolute Gasteiger partial charge is 0.508 e. The number of benzene rings is 1. The first kappa shape index (κ1) is 14.9. The molecule has 0 bridgehead atoms. The summed E-state index contributed by atoms with van der Waals surface area (Å²) in [5, 5.41) is 13.1. The molecule has 0 spiro atoms. The van der Waals surface area contributed by atoms with Gasteiger partial charge in [0.1, 0.15) is 16.6 Å². The van der Waals surface area contributed by atoms with Crippen LogP contribution >= 0.6 is 11.3 Å². The molecule has 5 heteroatoms. The van der Waals surface area contributed by atoms with Crippen LogP contribution in [0.2, 0.25) is 0 Å². The van der Waals surface area contributed by atoms with Crippen molar-refractivity contribution in [2.24, 2.45) is 5.92 Å². The lowest BCUT2D eigenvalue weighted by Crippen LogP contribution is -2.07. The van der Waals surface area contributed by atoms with Gasteiger partial charge in [-0.1, -0.05) is 13.8 Å². The van der Waals surface area contributed by atoms with E-state index in [9.17, 15) is 9.50 Å². The zero-order valence-electron chi connectivity index (χ0n) is 11.9. The Labute approximate surface area is 122 Å². The van der Waals surface area contributed by atoms with E-state index in [1.54, 1.807) is 6.07 Å². The summed E-state index contributed by atoms with van der Waals surface area (Å²) in [5.41, 5.74) is 1.47. The molecule has 0 saturated carbocycles. The maximum absolute atomic E-state index is 13.9. The predicted molar refractivity (Wildman–Crippen MR) is 80.5 cm³/mol. The smallest absolute Gasteiger partial charge is 0.137 e. The normalized spacial score (nSPS) is 11.2. The molecule has 0 atom stereocenters. The highest BCUT2D eigenvalue weighted by atomic mass is 32.1. The third-order valence-electron chi connectivity index (χ3n) is 2.90. The van der Waals surface area contributed by atoms with Crippen LogP contribution in [-0.2, 0) is 13.0 Å². The molecular formula is C15H19FN2OS. The molecule has 0 unspecified atom stereocenters. The first-order chi connectivity index (χ1) is 9.51. The average molecular weight is 294 g/mol. The molecule has 2 aromatic rings. The topological polar surface area (TPSA) is 45.1 Å². The van der Waals surface area contributed by atoms with Crippen molar-refractivity contribution in [1.82, 2.24) is 10.3 Å². The first-order valence-electron chi connectivity index (χ1n) is 6.63. The van der Waals surface area contributed by atoms with Crippen molar-refractivity contribution in [3.05, 3.63) is 34.6 Å². The van der Waals surface area contributed by atoms with Gasteiger partial charge in [-0.3, -0.25) is 0 Å². The standard InChI is InChI=1S/C15H19FN2OS/c1-9(2)6-13-14(8-17-3)20-15(18-13)11-5-4-10(19)7-12(11)16/h4-5,7,9,17,19H,6,8H2,1-3H3. The summed E-state index contributed by atoms with van der Waals surface area (Å²) >= 11 is 1.50. The number of aromatic hydroxyl groups is 1. The minimum Gasteiger partial charge on any atom is -0.508 e. The van der Waals surface area contributed by atoms with Gasteiger partial charge < -0.3 is 10.4 Å². The van der Waals surface area contributed by atoms with Crippen LogP contribution in [0.4, 0.5) is 4.39 Å². The molecule has 0 aliphatic carbocycles. The zero-order valence-corrected chi connectivity index (χ0v) is 12.7. The number of phenols is 1. The third kappa shape index (κ3) is 3.35. The van der Waals surface area contributed by atoms with E-state index in [0.717, 1.165) is 29.6 Å². The monoisotopic (exact) mass is 294 g/mol. The number of phenolic OH excluding ortho intramolecular Hbond substituents is 1. The molecule has 0 fully saturated rings. The van der Waals surface area contributed by atoms with Crippen molar-refractivity contribution < 1.29 is 9.50 Å². The van der Waals surface area contributed by atoms with Gasteiger partial charge in [0.15, 0.2) is 0 Å². The van der Waals surface area contributed by atoms with E-state index in [4.69, 9.17) is 0 Å². The molecule has 1 aromatic carbocycles. The molecule has 0 aliphatic rings. The molecular weight excluding hydrogens is 275 g/mol. The second kappa shape index (κ2) is 6.33. The summed E-state index contributed by atoms with van der Waals surface area (Å²) in [6.07, 6.45) is 0.882. The van der Waals surface area contributed by atoms with Crippen LogP contribution in [0.5, 0.6) is 5.75 Å². The number of rotatable bonds is 5. The Bertz CT molecular complexity index is 596. The van der Waals surface area contributed by atoms with Gasteiger partial charge in [0, 0.05) is 23.1 Å². The minimum atomic E-state index is -0.439. The molecule has 0 amide bonds. The van der Waals surface area contributed by atoms with Crippen LogP contribution in [0.15, 0.2) is 18.2 Å². The van der Waals surface area contributed by atoms with E-state index >= 15 is 0 Å². The van der Waals surface area contributed by atoms with Gasteiger partial charge in [-0.25, -0.2) is 9.37 Å². The fourth-order valence-corrected chi connectivity index (χ4v) is 3.15. The van der Waals surface area contributed by atoms with Gasteiger partial charge in [-0.2, -0.15) is 0 Å². The molecule has 0 saturated heterocycles. The summed E-state index contributed by atoms with van der Waals surface area (Å²) in [4.78, 5) is 5.73. The SMILES string of the molecule is CNCc1sc(-c2ccc(O)cc2F)nc1CC(C)C. The van der Waals surface area contributed by atoms with E-state index in [2.05, 4.69) is 24.1 Å². The lowest BCUT2D eigenvalue weighted by molar-refractivity contribution is 0.469. The van der Waals surface area contributed by atoms with E-state index in [-0.39, 0.29) is 5.75 Å². The van der Waals surface area contributed by atoms with Crippen molar-refractivity contribution in [2.45, 2.75) is 26.8 Å². The highest BCUT2D eigenvalue weighted by molar-refractivity contribution is 7.15. The molecule has 20 heavy (non-hydrogen) atoms. The Morgan fingerprint density at radius 1 is 1.40 bits per heavy atom. The minimum absolute atomic E-state index is 0.0688. The lowest BCUT2D eigenvalue weighted by Gasteiger charge is -2.03. The molecule has 108 valence electrons. The van der Waals surface area contributed by atoms with Gasteiger partial charge in [-0.05, 0) is 31.5 Å². The second-order valence-electron chi connectivity index (χ2n) is 5.18. The maximum Gasteiger partial charge on any atom is 0.137 e. The number of halogens is 1. The van der Waals surface area contributed by atoms with Crippen LogP contribution in [0.1, 0.15) is 24.4 Å². The van der Waals surface area contributed by atoms with Crippen molar-refractivity contribution >= 4 is 11.3 Å². The van der Waals surface area contributed by atoms with Gasteiger partial charge in [0.05, 0.1) is 5.69 Å². The number of aromatic nitrogens is 1. The predicted octanol–water partition coefficient (Wildman–Crippen LogP) is 3.57. The molecule has 0 aliphatic heterocycles. The van der Waals surface area contributed by atoms with Gasteiger partial charge >= 0.3 is 0 Å². The number of nitrogens with zero attached hydrogens (tertiary/aromatic N) is 1. The molecule has 3 nitrogen and oxygen atoms in total. The molecule has 2 N–H and O–H groups in total. The van der Waals surface area contributed by atoms with E-state index < -0.39 is 5.82 Å². The first-order valence-corrected chi connectivity index (χ1v) is 7.45. The van der Waals surface area contributed by atoms with Crippen molar-refractivity contribution in [2.75, 3.05) is 7.05 Å². The van der Waals surface area contributed by atoms with Crippen LogP contribution < -0.4 is 5.32 Å². The van der Waals surface area contributed by atoms with E-state index in [1.807, 2.05) is 7.05 Å². The molecule has 1 aromatic heterocycles. The number of thiazole rings is 1. The van der Waals surface area contributed by atoms with Gasteiger partial charge in [0.25, 0.3) is 0 Å². The van der Waals surface area contributed by atoms with Crippen molar-refractivity contribution in [1.29, 1.82) is 0 Å². The van der Waals surface area contributed by atoms with Crippen molar-refractivity contribution in [3.8, 4) is 16.3 Å². The Morgan fingerprint density at radius 2 is 2.15 bits per heavy atom. The Hall–Kier alpha value is -1.46. The fourth-order valence-electron chi connectivity index (χ4n) is 2.02. The Morgan fingerprint density at radius 3 is 2.75 bits per heavy atom. The highest BCUT2D eigenvalue weighted by Gasteiger charge is 2.16. The average Bonchev–Trinajstić information content (AvgIpc) is 2.72. The van der Waals surface area contributed by atoms with Crippen LogP contribution in [0.25, 0.3) is 10.6 Å². The summed E-state index contributed by atoms with van der Waals surface area (Å²) < 4.78 is 13.9. The van der Waals surface area contributed by atoms with Crippen LogP contribution in [0, 0.1) is 11.7 Å². The van der Waals surface area contributed by atoms with Gasteiger partial charge in [-0.15, -0.1) is 11.3 Å². The summed E-state index contributed by atoms with van der Waals surface area (Å²) in [5.74, 6) is -0.00302. The van der Waals surface area contributed by atoms with E-state index in [1.165, 1.54) is 17.4 Å². The summed E-state index contributed by atoms with van der Waals surface area (Å²) in [6.45, 7) is 5.02. The van der Waals surface area contributed by atoms with Crippen LogP contribution in [0.3, 0.4) is 0 Å². The second-order valence-corrected chi connectivity index (χ2v) is 6.26. The third-order valence-corrected chi connectivity index (χ3v) is 4.03. The summed E-state index contributed by atoms with van der Waals surface area (Å²) in [7, 11) is 1.89. The molecule has 1 heterocycles. The maximum atomic E-state index is 13.9. The van der Waals surface area contributed by atoms with Gasteiger partial charge in [0.2, 0.25) is 0 Å². The van der Waals surface area contributed by atoms with Crippen LogP contribution in [-0.4, -0.2) is 17.1 Å². The molecule has 2 rings (SSSR count). The highest BCUT2D eigenvalue weighted by Crippen LogP contribution is 2.32. The quantitative estimate of drug-likeness (QED) is 0.886. The summed E-state index contributed by atoms with van der Waals surface area (Å²) in [6, 6.07) is 4.18. The Kier molecular flexibility index (Phi) is 4.73. The molecule has 0 radical (unpaired) electrons. The zero-order chi connectivity index (χ0) is 14.7. The van der Waals surface area contributed by atoms with E-state index in [0.29, 0.717) is 16.5 Å². The van der Waals surface area contributed by atoms with Crippen molar-refractivity contribution in [3.63, 3.8) is 0 Å².